The summed E-state index contributed by atoms with van der Waals surface area (Å²) in [5.41, 5.74) is 0.1000. The number of aryl methyl sites for hydroxylation is 1. The van der Waals surface area contributed by atoms with Crippen molar-refractivity contribution in [1.29, 1.82) is 0 Å². The van der Waals surface area contributed by atoms with Crippen molar-refractivity contribution in [1.82, 2.24) is 19.9 Å². The van der Waals surface area contributed by atoms with Gasteiger partial charge in [0.1, 0.15) is 11.3 Å². The van der Waals surface area contributed by atoms with Gasteiger partial charge in [-0.1, -0.05) is 0 Å². The summed E-state index contributed by atoms with van der Waals surface area (Å²) in [6.07, 6.45) is 1.11. The molecule has 0 bridgehead atoms. The largest absolute Gasteiger partial charge is 0.376 e. The normalized spacial score (nSPS) is 17.7. The van der Waals surface area contributed by atoms with Crippen molar-refractivity contribution in [2.45, 2.75) is 13.0 Å². The number of aromatic amines is 1. The molecule has 1 saturated heterocycles. The molecule has 2 aromatic rings. The van der Waals surface area contributed by atoms with E-state index in [0.29, 0.717) is 37.9 Å². The number of hydrogen-bond donors (Lipinski definition) is 1. The predicted octanol–water partition coefficient (Wildman–Crippen LogP) is 0.689. The molecule has 1 unspecified atom stereocenters. The van der Waals surface area contributed by atoms with E-state index in [4.69, 9.17) is 9.47 Å². The molecular formula is C15H18N4O4S. The van der Waals surface area contributed by atoms with Crippen molar-refractivity contribution in [3.05, 3.63) is 32.5 Å². The van der Waals surface area contributed by atoms with Crippen LogP contribution in [0.3, 0.4) is 0 Å². The lowest BCUT2D eigenvalue weighted by atomic mass is 10.2. The molecule has 1 N–H and O–H groups in total. The Kier molecular flexibility index (Phi) is 5.03. The highest BCUT2D eigenvalue weighted by Crippen LogP contribution is 2.16. The number of amides is 1. The van der Waals surface area contributed by atoms with Crippen molar-refractivity contribution >= 4 is 17.2 Å². The SMILES string of the molecule is Cc1nc(-c2ncc(C(=O)N(C)CC3COCCO3)c(=O)[nH]2)cs1. The lowest BCUT2D eigenvalue weighted by molar-refractivity contribution is -0.0933. The molecule has 3 rings (SSSR count). The lowest BCUT2D eigenvalue weighted by Gasteiger charge is -2.27. The second-order valence-corrected chi connectivity index (χ2v) is 6.54. The van der Waals surface area contributed by atoms with Crippen LogP contribution in [-0.2, 0) is 9.47 Å². The topological polar surface area (TPSA) is 97.4 Å². The molecule has 0 radical (unpaired) electrons. The van der Waals surface area contributed by atoms with E-state index in [9.17, 15) is 9.59 Å². The van der Waals surface area contributed by atoms with Crippen molar-refractivity contribution in [2.24, 2.45) is 0 Å². The third-order valence-corrected chi connectivity index (χ3v) is 4.37. The maximum atomic E-state index is 12.4. The quantitative estimate of drug-likeness (QED) is 0.871. The number of hydrogen-bond acceptors (Lipinski definition) is 7. The van der Waals surface area contributed by atoms with Gasteiger partial charge < -0.3 is 19.4 Å². The Morgan fingerprint density at radius 3 is 2.96 bits per heavy atom. The molecule has 0 spiro atoms. The van der Waals surface area contributed by atoms with Crippen LogP contribution in [0.4, 0.5) is 0 Å². The average molecular weight is 350 g/mol. The van der Waals surface area contributed by atoms with E-state index < -0.39 is 11.5 Å². The highest BCUT2D eigenvalue weighted by molar-refractivity contribution is 7.09. The second-order valence-electron chi connectivity index (χ2n) is 5.48. The Morgan fingerprint density at radius 2 is 2.33 bits per heavy atom. The summed E-state index contributed by atoms with van der Waals surface area (Å²) in [7, 11) is 1.62. The van der Waals surface area contributed by atoms with Crippen molar-refractivity contribution in [2.75, 3.05) is 33.4 Å². The predicted molar refractivity (Wildman–Crippen MR) is 88.2 cm³/mol. The standard InChI is InChI=1S/C15H18N4O4S/c1-9-17-12(8-24-9)13-16-5-11(14(20)18-13)15(21)19(2)6-10-7-22-3-4-23-10/h5,8,10H,3-4,6-7H2,1-2H3,(H,16,18,20). The molecule has 24 heavy (non-hydrogen) atoms. The number of H-pyrrole nitrogens is 1. The molecule has 0 aromatic carbocycles. The minimum Gasteiger partial charge on any atom is -0.376 e. The minimum absolute atomic E-state index is 0.00932. The van der Waals surface area contributed by atoms with Crippen molar-refractivity contribution < 1.29 is 14.3 Å². The Morgan fingerprint density at radius 1 is 1.50 bits per heavy atom. The van der Waals surface area contributed by atoms with Gasteiger partial charge in [0.25, 0.3) is 11.5 Å². The number of likely N-dealkylation sites (N-methyl/N-ethyl adjacent to an activating group) is 1. The molecule has 2 aromatic heterocycles. The first-order chi connectivity index (χ1) is 11.5. The number of thiazole rings is 1. The summed E-state index contributed by atoms with van der Waals surface area (Å²) < 4.78 is 10.8. The molecule has 1 atom stereocenters. The first-order valence-corrected chi connectivity index (χ1v) is 8.39. The minimum atomic E-state index is -0.483. The molecule has 0 saturated carbocycles. The average Bonchev–Trinajstić information content (AvgIpc) is 3.01. The third-order valence-electron chi connectivity index (χ3n) is 3.60. The molecule has 1 fully saturated rings. The van der Waals surface area contributed by atoms with Gasteiger partial charge in [-0.25, -0.2) is 9.97 Å². The summed E-state index contributed by atoms with van der Waals surface area (Å²) in [5, 5.41) is 2.68. The summed E-state index contributed by atoms with van der Waals surface area (Å²) in [6.45, 7) is 3.74. The zero-order valence-electron chi connectivity index (χ0n) is 13.4. The van der Waals surface area contributed by atoms with Gasteiger partial charge in [-0.2, -0.15) is 0 Å². The summed E-state index contributed by atoms with van der Waals surface area (Å²) in [6, 6.07) is 0. The fraction of sp³-hybridized carbons (Fsp3) is 0.467. The van der Waals surface area contributed by atoms with Crippen LogP contribution in [0.1, 0.15) is 15.4 Å². The van der Waals surface area contributed by atoms with E-state index in [1.165, 1.54) is 22.4 Å². The van der Waals surface area contributed by atoms with E-state index in [-0.39, 0.29) is 11.7 Å². The Bertz CT molecular complexity index is 782. The van der Waals surface area contributed by atoms with Crippen LogP contribution in [-0.4, -0.2) is 65.3 Å². The first-order valence-electron chi connectivity index (χ1n) is 7.51. The lowest BCUT2D eigenvalue weighted by Crippen LogP contribution is -2.42. The highest BCUT2D eigenvalue weighted by Gasteiger charge is 2.22. The Labute approximate surface area is 142 Å². The molecule has 9 heteroatoms. The number of carbonyl (C=O) groups is 1. The molecule has 128 valence electrons. The zero-order valence-corrected chi connectivity index (χ0v) is 14.3. The van der Waals surface area contributed by atoms with Crippen LogP contribution in [0.25, 0.3) is 11.5 Å². The monoisotopic (exact) mass is 350 g/mol. The highest BCUT2D eigenvalue weighted by atomic mass is 32.1. The van der Waals surface area contributed by atoms with E-state index in [1.807, 2.05) is 12.3 Å². The number of nitrogens with one attached hydrogen (secondary N) is 1. The smallest absolute Gasteiger partial charge is 0.264 e. The number of rotatable bonds is 4. The van der Waals surface area contributed by atoms with Crippen LogP contribution < -0.4 is 5.56 Å². The number of ether oxygens (including phenoxy) is 2. The van der Waals surface area contributed by atoms with Crippen LogP contribution >= 0.6 is 11.3 Å². The molecule has 8 nitrogen and oxygen atoms in total. The van der Waals surface area contributed by atoms with Crippen LogP contribution in [0.15, 0.2) is 16.4 Å². The molecule has 1 aliphatic heterocycles. The molecular weight excluding hydrogens is 332 g/mol. The zero-order chi connectivity index (χ0) is 17.1. The first kappa shape index (κ1) is 16.7. The van der Waals surface area contributed by atoms with E-state index in [0.717, 1.165) is 5.01 Å². The molecule has 3 heterocycles. The molecule has 1 aliphatic rings. The van der Waals surface area contributed by atoms with Crippen molar-refractivity contribution in [3.63, 3.8) is 0 Å². The van der Waals surface area contributed by atoms with Gasteiger partial charge in [0.2, 0.25) is 0 Å². The molecule has 0 aliphatic carbocycles. The van der Waals surface area contributed by atoms with Crippen molar-refractivity contribution in [3.8, 4) is 11.5 Å². The Hall–Kier alpha value is -2.10. The van der Waals surface area contributed by atoms with Gasteiger partial charge in [-0.15, -0.1) is 11.3 Å². The summed E-state index contributed by atoms with van der Waals surface area (Å²) in [5.74, 6) is -0.0495. The van der Waals surface area contributed by atoms with E-state index in [2.05, 4.69) is 15.0 Å². The van der Waals surface area contributed by atoms with Gasteiger partial charge >= 0.3 is 0 Å². The maximum Gasteiger partial charge on any atom is 0.264 e. The fourth-order valence-electron chi connectivity index (χ4n) is 2.39. The summed E-state index contributed by atoms with van der Waals surface area (Å²) in [4.78, 5) is 37.2. The summed E-state index contributed by atoms with van der Waals surface area (Å²) >= 11 is 1.47. The van der Waals surface area contributed by atoms with Gasteiger partial charge in [0, 0.05) is 25.2 Å². The third kappa shape index (κ3) is 3.69. The maximum absolute atomic E-state index is 12.4. The number of nitrogens with zero attached hydrogens (tertiary/aromatic N) is 3. The fourth-order valence-corrected chi connectivity index (χ4v) is 2.98. The van der Waals surface area contributed by atoms with Gasteiger partial charge in [0.15, 0.2) is 5.82 Å². The number of aromatic nitrogens is 3. The van der Waals surface area contributed by atoms with Gasteiger partial charge in [0.05, 0.1) is 30.9 Å². The van der Waals surface area contributed by atoms with Gasteiger partial charge in [-0.3, -0.25) is 9.59 Å². The van der Waals surface area contributed by atoms with E-state index in [1.54, 1.807) is 7.05 Å². The van der Waals surface area contributed by atoms with Crippen LogP contribution in [0.2, 0.25) is 0 Å². The number of carbonyl (C=O) groups excluding carboxylic acids is 1. The van der Waals surface area contributed by atoms with Crippen LogP contribution in [0.5, 0.6) is 0 Å². The van der Waals surface area contributed by atoms with Gasteiger partial charge in [-0.05, 0) is 6.92 Å². The Balaban J connectivity index is 1.73. The molecule has 1 amide bonds. The van der Waals surface area contributed by atoms with Crippen LogP contribution in [0, 0.1) is 6.92 Å². The van der Waals surface area contributed by atoms with E-state index >= 15 is 0 Å². The second kappa shape index (κ2) is 7.20.